The maximum atomic E-state index is 8.03. The molecule has 0 rings (SSSR count). The van der Waals surface area contributed by atoms with E-state index in [0.29, 0.717) is 11.9 Å². The Hall–Kier alpha value is -0.870. The molecule has 0 aliphatic rings. The summed E-state index contributed by atoms with van der Waals surface area (Å²) in [6.45, 7) is 0. The van der Waals surface area contributed by atoms with Crippen molar-refractivity contribution in [1.82, 2.24) is 0 Å². The van der Waals surface area contributed by atoms with Crippen LogP contribution in [0, 0.1) is 22.1 Å². The zero-order chi connectivity index (χ0) is 6.41. The summed E-state index contributed by atoms with van der Waals surface area (Å²) in [4.78, 5) is 0. The predicted molar refractivity (Wildman–Crippen MR) is 31.7 cm³/mol. The average molecular weight is 142 g/mol. The second-order valence-corrected chi connectivity index (χ2v) is 1.58. The van der Waals surface area contributed by atoms with E-state index in [4.69, 9.17) is 10.5 Å². The number of thiocyanates is 1. The van der Waals surface area contributed by atoms with Crippen LogP contribution < -0.4 is 0 Å². The van der Waals surface area contributed by atoms with Crippen LogP contribution in [0.5, 0.6) is 0 Å². The van der Waals surface area contributed by atoms with Gasteiger partial charge in [-0.2, -0.15) is 5.26 Å². The first-order valence-electron chi connectivity index (χ1n) is 1.49. The Labute approximate surface area is 56.0 Å². The number of thiocarbonyl (C=S) groups is 1. The van der Waals surface area contributed by atoms with Crippen LogP contribution in [0.15, 0.2) is 0 Å². The fraction of sp³-hybridized carbons (Fsp3) is 0. The van der Waals surface area contributed by atoms with Gasteiger partial charge in [0.2, 0.25) is 11.9 Å². The molecule has 0 atom stereocenters. The number of nitriles is 2. The molecule has 0 aromatic rings. The standard InChI is InChI=1S/C3N3S2/c4-1-6(3-7)8-2-5/q+1. The minimum Gasteiger partial charge on any atom is -0.181 e. The maximum Gasteiger partial charge on any atom is 0.482 e. The second kappa shape index (κ2) is 4.29. The smallest absolute Gasteiger partial charge is 0.181 e. The van der Waals surface area contributed by atoms with Crippen molar-refractivity contribution in [3.05, 3.63) is 0 Å². The van der Waals surface area contributed by atoms with Crippen LogP contribution >= 0.6 is 24.2 Å². The van der Waals surface area contributed by atoms with Gasteiger partial charge in [0.25, 0.3) is 0 Å². The summed E-state index contributed by atoms with van der Waals surface area (Å²) in [6, 6.07) is 0. The lowest BCUT2D eigenvalue weighted by atomic mass is 11.3. The van der Waals surface area contributed by atoms with Gasteiger partial charge >= 0.3 is 6.19 Å². The van der Waals surface area contributed by atoms with Gasteiger partial charge in [0.1, 0.15) is 0 Å². The van der Waals surface area contributed by atoms with E-state index in [9.17, 15) is 0 Å². The van der Waals surface area contributed by atoms with E-state index in [1.165, 1.54) is 0 Å². The molecule has 3 nitrogen and oxygen atoms in total. The molecule has 0 unspecified atom stereocenters. The topological polar surface area (TPSA) is 50.6 Å². The molecule has 0 aliphatic carbocycles. The number of hydrogen-bond donors (Lipinski definition) is 0. The largest absolute Gasteiger partial charge is 0.482 e. The number of isothiocyanates is 1. The van der Waals surface area contributed by atoms with Crippen LogP contribution in [0.2, 0.25) is 0 Å². The molecule has 0 spiro atoms. The lowest BCUT2D eigenvalue weighted by molar-refractivity contribution is -0.222. The van der Waals surface area contributed by atoms with Crippen LogP contribution in [-0.2, 0) is 0 Å². The maximum absolute atomic E-state index is 8.03. The molecule has 0 amide bonds. The van der Waals surface area contributed by atoms with E-state index in [0.717, 1.165) is 3.98 Å². The van der Waals surface area contributed by atoms with Crippen LogP contribution in [0.25, 0.3) is 0 Å². The Bertz CT molecular complexity index is 202. The third kappa shape index (κ3) is 2.33. The molecule has 0 aliphatic heterocycles. The molecule has 0 radical (unpaired) electrons. The molecule has 5 heteroatoms. The fourth-order valence-electron chi connectivity index (χ4n) is 0.100. The minimum absolute atomic E-state index is 0.639. The van der Waals surface area contributed by atoms with Crippen LogP contribution in [0.4, 0.5) is 0 Å². The average Bonchev–Trinajstić information content (AvgIpc) is 1.83. The van der Waals surface area contributed by atoms with Crippen LogP contribution in [0.1, 0.15) is 0 Å². The Morgan fingerprint density at radius 3 is 2.25 bits per heavy atom. The Morgan fingerprint density at radius 2 is 2.12 bits per heavy atom. The van der Waals surface area contributed by atoms with E-state index >= 15 is 0 Å². The Morgan fingerprint density at radius 1 is 1.50 bits per heavy atom. The first kappa shape index (κ1) is 7.13. The zero-order valence-corrected chi connectivity index (χ0v) is 5.29. The summed E-state index contributed by atoms with van der Waals surface area (Å²) < 4.78 is 0.856. The summed E-state index contributed by atoms with van der Waals surface area (Å²) >= 11 is 4.86. The van der Waals surface area contributed by atoms with Gasteiger partial charge in [-0.15, -0.1) is 0 Å². The molecule has 0 bridgehead atoms. The Balaban J connectivity index is 4.04. The summed E-state index contributed by atoms with van der Waals surface area (Å²) in [5.74, 6) is 0. The molecule has 0 heterocycles. The monoisotopic (exact) mass is 142 g/mol. The minimum atomic E-state index is 0.639. The highest BCUT2D eigenvalue weighted by atomic mass is 32.2. The molecule has 0 saturated heterocycles. The van der Waals surface area contributed by atoms with Crippen molar-refractivity contribution in [2.45, 2.75) is 0 Å². The molecule has 0 saturated carbocycles. The first-order valence-corrected chi connectivity index (χ1v) is 2.67. The SMILES string of the molecule is N#CS[N+](=C=S)C#N. The summed E-state index contributed by atoms with van der Waals surface area (Å²) in [5, 5.41) is 19.7. The third-order valence-electron chi connectivity index (χ3n) is 0.306. The summed E-state index contributed by atoms with van der Waals surface area (Å²) in [6.07, 6.45) is 1.61. The second-order valence-electron chi connectivity index (χ2n) is 0.668. The van der Waals surface area contributed by atoms with E-state index in [2.05, 4.69) is 12.2 Å². The van der Waals surface area contributed by atoms with Gasteiger partial charge in [-0.25, -0.2) is 0 Å². The highest BCUT2D eigenvalue weighted by molar-refractivity contribution is 7.98. The van der Waals surface area contributed by atoms with Crippen molar-refractivity contribution in [2.24, 2.45) is 0 Å². The summed E-state index contributed by atoms with van der Waals surface area (Å²) in [5.41, 5.74) is 0. The van der Waals surface area contributed by atoms with Gasteiger partial charge in [-0.1, -0.05) is 0 Å². The normalized spacial score (nSPS) is 5.75. The van der Waals surface area contributed by atoms with E-state index in [1.54, 1.807) is 11.6 Å². The van der Waals surface area contributed by atoms with Crippen molar-refractivity contribution in [3.63, 3.8) is 0 Å². The van der Waals surface area contributed by atoms with Crippen molar-refractivity contribution >= 4 is 29.3 Å². The lowest BCUT2D eigenvalue weighted by Crippen LogP contribution is -1.84. The molecule has 8 heavy (non-hydrogen) atoms. The van der Waals surface area contributed by atoms with Gasteiger partial charge in [-0.05, 0) is 3.98 Å². The molecule has 0 aromatic heterocycles. The highest BCUT2D eigenvalue weighted by Crippen LogP contribution is 1.93. The third-order valence-corrected chi connectivity index (χ3v) is 1.04. The van der Waals surface area contributed by atoms with E-state index in [-0.39, 0.29) is 0 Å². The predicted octanol–water partition coefficient (Wildman–Crippen LogP) is 0.712. The number of rotatable bonds is 1. The molecule has 0 fully saturated rings. The van der Waals surface area contributed by atoms with Gasteiger partial charge in [0.15, 0.2) is 15.8 Å². The van der Waals surface area contributed by atoms with Gasteiger partial charge < -0.3 is 0 Å². The highest BCUT2D eigenvalue weighted by Gasteiger charge is 1.96. The number of hydrogen-bond acceptors (Lipinski definition) is 4. The van der Waals surface area contributed by atoms with Crippen molar-refractivity contribution < 1.29 is 3.98 Å². The van der Waals surface area contributed by atoms with Gasteiger partial charge in [-0.3, -0.25) is 0 Å². The molecule has 38 valence electrons. The van der Waals surface area contributed by atoms with E-state index < -0.39 is 0 Å². The fourth-order valence-corrected chi connectivity index (χ4v) is 0.413. The van der Waals surface area contributed by atoms with Crippen LogP contribution in [0.3, 0.4) is 0 Å². The molecule has 0 N–H and O–H groups in total. The molecular weight excluding hydrogens is 142 g/mol. The first-order chi connectivity index (χ1) is 3.85. The number of nitrogens with zero attached hydrogens (tertiary/aromatic N) is 3. The quantitative estimate of drug-likeness (QED) is 0.135. The lowest BCUT2D eigenvalue weighted by Gasteiger charge is -1.67. The van der Waals surface area contributed by atoms with Crippen molar-refractivity contribution in [3.8, 4) is 11.6 Å². The van der Waals surface area contributed by atoms with Crippen LogP contribution in [-0.4, -0.2) is 9.14 Å². The molecule has 0 aromatic carbocycles. The molecular formula is C3N3S2+. The Kier molecular flexibility index (Phi) is 3.83. The van der Waals surface area contributed by atoms with Crippen molar-refractivity contribution in [2.75, 3.05) is 0 Å². The van der Waals surface area contributed by atoms with E-state index in [1.807, 2.05) is 5.16 Å². The van der Waals surface area contributed by atoms with Gasteiger partial charge in [0, 0.05) is 12.2 Å². The van der Waals surface area contributed by atoms with Crippen molar-refractivity contribution in [1.29, 1.82) is 10.5 Å². The zero-order valence-electron chi connectivity index (χ0n) is 3.66. The van der Waals surface area contributed by atoms with Gasteiger partial charge in [0.05, 0.1) is 0 Å². The summed E-state index contributed by atoms with van der Waals surface area (Å²) in [7, 11) is 0.